The standard InChI is InChI=1S/C18H24N2O/c1-2-17(9-6-10-17)13-20-15(14-7-4-3-5-8-14)19-18(11-12-18)16(20)21/h3-5,7-8,15,19H,2,6,9-13H2,1H3. The molecule has 4 rings (SSSR count). The number of hydrogen-bond acceptors (Lipinski definition) is 2. The zero-order valence-corrected chi connectivity index (χ0v) is 12.8. The number of carbonyl (C=O) groups is 1. The van der Waals surface area contributed by atoms with Gasteiger partial charge < -0.3 is 4.90 Å². The lowest BCUT2D eigenvalue weighted by Gasteiger charge is -2.45. The summed E-state index contributed by atoms with van der Waals surface area (Å²) in [5.41, 5.74) is 1.38. The number of hydrogen-bond donors (Lipinski definition) is 1. The summed E-state index contributed by atoms with van der Waals surface area (Å²) in [4.78, 5) is 15.0. The highest BCUT2D eigenvalue weighted by Crippen LogP contribution is 2.50. The molecule has 1 aromatic rings. The first kappa shape index (κ1) is 13.3. The fourth-order valence-corrected chi connectivity index (χ4v) is 4.00. The van der Waals surface area contributed by atoms with Gasteiger partial charge >= 0.3 is 0 Å². The van der Waals surface area contributed by atoms with E-state index in [9.17, 15) is 4.79 Å². The van der Waals surface area contributed by atoms with Crippen LogP contribution in [0.3, 0.4) is 0 Å². The summed E-state index contributed by atoms with van der Waals surface area (Å²) in [5.74, 6) is 0.344. The highest BCUT2D eigenvalue weighted by Gasteiger charge is 2.60. The first-order valence-corrected chi connectivity index (χ1v) is 8.32. The van der Waals surface area contributed by atoms with Crippen LogP contribution < -0.4 is 5.32 Å². The van der Waals surface area contributed by atoms with E-state index in [4.69, 9.17) is 0 Å². The van der Waals surface area contributed by atoms with Gasteiger partial charge in [-0.25, -0.2) is 0 Å². The Labute approximate surface area is 126 Å². The van der Waals surface area contributed by atoms with Gasteiger partial charge in [-0.05, 0) is 43.1 Å². The molecule has 0 aromatic heterocycles. The molecule has 112 valence electrons. The Morgan fingerprint density at radius 2 is 1.90 bits per heavy atom. The van der Waals surface area contributed by atoms with Crippen LogP contribution >= 0.6 is 0 Å². The summed E-state index contributed by atoms with van der Waals surface area (Å²) in [7, 11) is 0. The minimum absolute atomic E-state index is 0.0743. The molecule has 0 radical (unpaired) electrons. The highest BCUT2D eigenvalue weighted by atomic mass is 16.2. The molecular weight excluding hydrogens is 260 g/mol. The largest absolute Gasteiger partial charge is 0.321 e. The van der Waals surface area contributed by atoms with Crippen LogP contribution in [0.1, 0.15) is 57.2 Å². The van der Waals surface area contributed by atoms with Crippen LogP contribution in [0.25, 0.3) is 0 Å². The number of carbonyl (C=O) groups excluding carboxylic acids is 1. The van der Waals surface area contributed by atoms with Crippen LogP contribution in [0, 0.1) is 5.41 Å². The predicted octanol–water partition coefficient (Wildman–Crippen LogP) is 3.23. The van der Waals surface area contributed by atoms with E-state index in [1.54, 1.807) is 0 Å². The maximum Gasteiger partial charge on any atom is 0.244 e. The van der Waals surface area contributed by atoms with Crippen molar-refractivity contribution in [3.8, 4) is 0 Å². The molecule has 1 spiro atoms. The lowest BCUT2D eigenvalue weighted by atomic mass is 9.66. The van der Waals surface area contributed by atoms with Gasteiger partial charge in [-0.1, -0.05) is 43.7 Å². The van der Waals surface area contributed by atoms with Crippen molar-refractivity contribution in [2.75, 3.05) is 6.54 Å². The summed E-state index contributed by atoms with van der Waals surface area (Å²) in [5, 5.41) is 3.63. The average molecular weight is 284 g/mol. The Hall–Kier alpha value is -1.35. The zero-order valence-electron chi connectivity index (χ0n) is 12.8. The smallest absolute Gasteiger partial charge is 0.244 e. The molecule has 1 heterocycles. The van der Waals surface area contributed by atoms with Crippen molar-refractivity contribution in [2.45, 2.75) is 57.2 Å². The van der Waals surface area contributed by atoms with E-state index >= 15 is 0 Å². The van der Waals surface area contributed by atoms with Crippen molar-refractivity contribution in [1.82, 2.24) is 10.2 Å². The van der Waals surface area contributed by atoms with Gasteiger partial charge in [0.25, 0.3) is 0 Å². The van der Waals surface area contributed by atoms with E-state index in [1.807, 2.05) is 6.07 Å². The summed E-state index contributed by atoms with van der Waals surface area (Å²) in [6.07, 6.45) is 7.15. The minimum atomic E-state index is -0.223. The van der Waals surface area contributed by atoms with Crippen molar-refractivity contribution < 1.29 is 4.79 Å². The van der Waals surface area contributed by atoms with E-state index in [2.05, 4.69) is 41.4 Å². The molecule has 1 unspecified atom stereocenters. The van der Waals surface area contributed by atoms with Crippen molar-refractivity contribution in [1.29, 1.82) is 0 Å². The first-order valence-electron chi connectivity index (χ1n) is 8.32. The molecule has 1 aliphatic heterocycles. The van der Waals surface area contributed by atoms with Gasteiger partial charge in [-0.2, -0.15) is 0 Å². The Bertz CT molecular complexity index is 540. The maximum atomic E-state index is 12.9. The molecule has 3 fully saturated rings. The molecule has 2 aliphatic carbocycles. The van der Waals surface area contributed by atoms with Crippen LogP contribution in [0.2, 0.25) is 0 Å². The lowest BCUT2D eigenvalue weighted by molar-refractivity contribution is -0.133. The second kappa shape index (κ2) is 4.57. The van der Waals surface area contributed by atoms with Crippen LogP contribution in [0.15, 0.2) is 30.3 Å². The lowest BCUT2D eigenvalue weighted by Crippen LogP contribution is -2.44. The van der Waals surface area contributed by atoms with Gasteiger partial charge in [0.15, 0.2) is 0 Å². The van der Waals surface area contributed by atoms with Gasteiger partial charge in [0.1, 0.15) is 11.7 Å². The van der Waals surface area contributed by atoms with Crippen LogP contribution in [-0.2, 0) is 4.79 Å². The summed E-state index contributed by atoms with van der Waals surface area (Å²) in [6, 6.07) is 10.4. The summed E-state index contributed by atoms with van der Waals surface area (Å²) in [6.45, 7) is 3.20. The fourth-order valence-electron chi connectivity index (χ4n) is 4.00. The third-order valence-corrected chi connectivity index (χ3v) is 5.93. The molecule has 1 aromatic carbocycles. The molecule has 3 nitrogen and oxygen atoms in total. The SMILES string of the molecule is CCC1(CN2C(=O)C3(CC3)NC2c2ccccc2)CCC1. The predicted molar refractivity (Wildman–Crippen MR) is 82.6 cm³/mol. The van der Waals surface area contributed by atoms with Gasteiger partial charge in [0.2, 0.25) is 5.91 Å². The average Bonchev–Trinajstić information content (AvgIpc) is 3.21. The van der Waals surface area contributed by atoms with Crippen LogP contribution in [-0.4, -0.2) is 22.9 Å². The van der Waals surface area contributed by atoms with Crippen LogP contribution in [0.5, 0.6) is 0 Å². The van der Waals surface area contributed by atoms with E-state index in [1.165, 1.54) is 31.2 Å². The topological polar surface area (TPSA) is 32.3 Å². The molecule has 1 saturated heterocycles. The Kier molecular flexibility index (Phi) is 2.90. The van der Waals surface area contributed by atoms with Crippen molar-refractivity contribution in [2.24, 2.45) is 5.41 Å². The fraction of sp³-hybridized carbons (Fsp3) is 0.611. The molecule has 2 saturated carbocycles. The Morgan fingerprint density at radius 3 is 2.43 bits per heavy atom. The molecule has 3 heteroatoms. The third-order valence-electron chi connectivity index (χ3n) is 5.93. The first-order chi connectivity index (χ1) is 10.2. The molecule has 1 N–H and O–H groups in total. The Morgan fingerprint density at radius 1 is 1.19 bits per heavy atom. The van der Waals surface area contributed by atoms with Crippen molar-refractivity contribution in [3.05, 3.63) is 35.9 Å². The zero-order chi connectivity index (χ0) is 14.5. The summed E-state index contributed by atoms with van der Waals surface area (Å²) < 4.78 is 0. The van der Waals surface area contributed by atoms with E-state index in [-0.39, 0.29) is 11.7 Å². The van der Waals surface area contributed by atoms with Gasteiger partial charge in [-0.15, -0.1) is 0 Å². The normalized spacial score (nSPS) is 28.7. The van der Waals surface area contributed by atoms with E-state index in [0.29, 0.717) is 11.3 Å². The van der Waals surface area contributed by atoms with Crippen molar-refractivity contribution in [3.63, 3.8) is 0 Å². The molecule has 0 bridgehead atoms. The third kappa shape index (κ3) is 2.02. The molecule has 3 aliphatic rings. The second-order valence-electron chi connectivity index (χ2n) is 7.18. The monoisotopic (exact) mass is 284 g/mol. The second-order valence-corrected chi connectivity index (χ2v) is 7.18. The molecular formula is C18H24N2O. The Balaban J connectivity index is 1.63. The van der Waals surface area contributed by atoms with E-state index < -0.39 is 0 Å². The van der Waals surface area contributed by atoms with Gasteiger partial charge in [0, 0.05) is 6.54 Å². The minimum Gasteiger partial charge on any atom is -0.321 e. The number of amides is 1. The quantitative estimate of drug-likeness (QED) is 0.920. The van der Waals surface area contributed by atoms with Gasteiger partial charge in [-0.3, -0.25) is 10.1 Å². The van der Waals surface area contributed by atoms with Gasteiger partial charge in [0.05, 0.1) is 0 Å². The number of nitrogens with one attached hydrogen (secondary N) is 1. The number of rotatable bonds is 4. The maximum absolute atomic E-state index is 12.9. The molecule has 21 heavy (non-hydrogen) atoms. The summed E-state index contributed by atoms with van der Waals surface area (Å²) >= 11 is 0. The number of nitrogens with zero attached hydrogens (tertiary/aromatic N) is 1. The molecule has 1 atom stereocenters. The van der Waals surface area contributed by atoms with E-state index in [0.717, 1.165) is 19.4 Å². The van der Waals surface area contributed by atoms with Crippen LogP contribution in [0.4, 0.5) is 0 Å². The highest BCUT2D eigenvalue weighted by molar-refractivity contribution is 5.92. The molecule has 1 amide bonds. The van der Waals surface area contributed by atoms with Crippen molar-refractivity contribution >= 4 is 5.91 Å². The number of benzene rings is 1.